The Morgan fingerprint density at radius 2 is 1.86 bits per heavy atom. The Morgan fingerprint density at radius 1 is 1.17 bits per heavy atom. The van der Waals surface area contributed by atoms with Gasteiger partial charge in [0.25, 0.3) is 5.91 Å². The summed E-state index contributed by atoms with van der Waals surface area (Å²) in [7, 11) is -2.12. The molecule has 0 aliphatic carbocycles. The summed E-state index contributed by atoms with van der Waals surface area (Å²) in [4.78, 5) is 12.9. The van der Waals surface area contributed by atoms with Crippen LogP contribution in [0.15, 0.2) is 41.3 Å². The van der Waals surface area contributed by atoms with Crippen molar-refractivity contribution >= 4 is 33.2 Å². The molecule has 0 atom stereocenters. The summed E-state index contributed by atoms with van der Waals surface area (Å²) in [5, 5.41) is 3.14. The number of sulfonamides is 1. The van der Waals surface area contributed by atoms with Gasteiger partial charge in [-0.25, -0.2) is 8.42 Å². The maximum absolute atomic E-state index is 13.0. The fourth-order valence-electron chi connectivity index (χ4n) is 3.32. The molecule has 0 bridgehead atoms. The van der Waals surface area contributed by atoms with Crippen LogP contribution in [0, 0.1) is 12.8 Å². The zero-order valence-electron chi connectivity index (χ0n) is 16.7. The molecule has 1 aliphatic heterocycles. The van der Waals surface area contributed by atoms with Crippen molar-refractivity contribution < 1.29 is 17.9 Å². The van der Waals surface area contributed by atoms with Gasteiger partial charge >= 0.3 is 0 Å². The lowest BCUT2D eigenvalue weighted by molar-refractivity contribution is 0.102. The Hall–Kier alpha value is -2.09. The van der Waals surface area contributed by atoms with Crippen LogP contribution in [0.4, 0.5) is 5.69 Å². The highest BCUT2D eigenvalue weighted by Crippen LogP contribution is 2.28. The van der Waals surface area contributed by atoms with Gasteiger partial charge in [0.1, 0.15) is 5.75 Å². The van der Waals surface area contributed by atoms with Crippen molar-refractivity contribution in [2.75, 3.05) is 25.5 Å². The lowest BCUT2D eigenvalue weighted by atomic mass is 10.0. The number of hydrogen-bond donors (Lipinski definition) is 1. The third kappa shape index (κ3) is 4.74. The number of halogens is 1. The van der Waals surface area contributed by atoms with Crippen molar-refractivity contribution in [2.45, 2.75) is 31.6 Å². The number of nitrogens with zero attached hydrogens (tertiary/aromatic N) is 1. The molecule has 0 radical (unpaired) electrons. The maximum Gasteiger partial charge on any atom is 0.255 e. The second-order valence-electron chi connectivity index (χ2n) is 7.37. The third-order valence-electron chi connectivity index (χ3n) is 5.24. The quantitative estimate of drug-likeness (QED) is 0.756. The molecule has 0 spiro atoms. The van der Waals surface area contributed by atoms with Gasteiger partial charge in [0, 0.05) is 24.3 Å². The van der Waals surface area contributed by atoms with Crippen LogP contribution < -0.4 is 10.1 Å². The number of aryl methyl sites for hydroxylation is 1. The Balaban J connectivity index is 1.85. The highest BCUT2D eigenvalue weighted by molar-refractivity contribution is 7.89. The minimum Gasteiger partial charge on any atom is -0.495 e. The molecule has 156 valence electrons. The van der Waals surface area contributed by atoms with Gasteiger partial charge in [0.05, 0.1) is 17.0 Å². The summed E-state index contributed by atoms with van der Waals surface area (Å²) < 4.78 is 32.6. The fourth-order valence-corrected chi connectivity index (χ4v) is 5.08. The van der Waals surface area contributed by atoms with E-state index in [1.165, 1.54) is 17.5 Å². The van der Waals surface area contributed by atoms with E-state index >= 15 is 0 Å². The van der Waals surface area contributed by atoms with E-state index in [2.05, 4.69) is 12.2 Å². The van der Waals surface area contributed by atoms with Crippen LogP contribution >= 0.6 is 11.6 Å². The van der Waals surface area contributed by atoms with E-state index in [0.29, 0.717) is 46.6 Å². The monoisotopic (exact) mass is 436 g/mol. The maximum atomic E-state index is 13.0. The first-order valence-corrected chi connectivity index (χ1v) is 11.3. The summed E-state index contributed by atoms with van der Waals surface area (Å²) in [6, 6.07) is 9.59. The molecule has 3 rings (SSSR count). The Bertz CT molecular complexity index is 1020. The molecular weight excluding hydrogens is 412 g/mol. The number of carbonyl (C=O) groups excluding carboxylic acids is 1. The van der Waals surface area contributed by atoms with Crippen molar-refractivity contribution in [1.29, 1.82) is 0 Å². The van der Waals surface area contributed by atoms with E-state index in [1.807, 2.05) is 0 Å². The minimum atomic E-state index is -3.63. The molecule has 0 aromatic heterocycles. The number of nitrogens with one attached hydrogen (secondary N) is 1. The second-order valence-corrected chi connectivity index (χ2v) is 9.71. The second kappa shape index (κ2) is 8.73. The first kappa shape index (κ1) is 21.6. The average Bonchev–Trinajstić information content (AvgIpc) is 2.68. The number of ether oxygens (including phenoxy) is 1. The van der Waals surface area contributed by atoms with Crippen molar-refractivity contribution in [3.05, 3.63) is 52.5 Å². The summed E-state index contributed by atoms with van der Waals surface area (Å²) in [6.45, 7) is 4.91. The predicted octanol–water partition coefficient (Wildman–Crippen LogP) is 4.33. The third-order valence-corrected chi connectivity index (χ3v) is 7.43. The van der Waals surface area contributed by atoms with Gasteiger partial charge < -0.3 is 10.1 Å². The highest BCUT2D eigenvalue weighted by Gasteiger charge is 2.29. The number of carbonyl (C=O) groups is 1. The predicted molar refractivity (Wildman–Crippen MR) is 114 cm³/mol. The van der Waals surface area contributed by atoms with E-state index in [-0.39, 0.29) is 4.90 Å². The largest absolute Gasteiger partial charge is 0.495 e. The van der Waals surface area contributed by atoms with Crippen LogP contribution in [-0.4, -0.2) is 38.8 Å². The number of benzene rings is 2. The number of piperidine rings is 1. The van der Waals surface area contributed by atoms with Crippen molar-refractivity contribution in [3.8, 4) is 5.75 Å². The average molecular weight is 437 g/mol. The van der Waals surface area contributed by atoms with Crippen LogP contribution in [0.5, 0.6) is 5.75 Å². The Kier molecular flexibility index (Phi) is 6.51. The molecule has 1 amide bonds. The zero-order chi connectivity index (χ0) is 21.2. The van der Waals surface area contributed by atoms with Gasteiger partial charge in [-0.1, -0.05) is 24.6 Å². The van der Waals surface area contributed by atoms with E-state index < -0.39 is 15.9 Å². The first-order valence-electron chi connectivity index (χ1n) is 9.48. The van der Waals surface area contributed by atoms with Crippen molar-refractivity contribution in [1.82, 2.24) is 4.31 Å². The minimum absolute atomic E-state index is 0.135. The van der Waals surface area contributed by atoms with E-state index in [1.54, 1.807) is 37.3 Å². The lowest BCUT2D eigenvalue weighted by Crippen LogP contribution is -2.38. The number of methoxy groups -OCH3 is 1. The molecule has 1 aliphatic rings. The smallest absolute Gasteiger partial charge is 0.255 e. The van der Waals surface area contributed by atoms with Gasteiger partial charge in [-0.2, -0.15) is 4.31 Å². The molecule has 1 N–H and O–H groups in total. The van der Waals surface area contributed by atoms with Crippen LogP contribution in [-0.2, 0) is 10.0 Å². The molecule has 6 nitrogen and oxygen atoms in total. The Labute approximate surface area is 176 Å². The van der Waals surface area contributed by atoms with Crippen molar-refractivity contribution in [3.63, 3.8) is 0 Å². The zero-order valence-corrected chi connectivity index (χ0v) is 18.3. The van der Waals surface area contributed by atoms with Crippen LogP contribution in [0.3, 0.4) is 0 Å². The summed E-state index contributed by atoms with van der Waals surface area (Å²) >= 11 is 6.11. The summed E-state index contributed by atoms with van der Waals surface area (Å²) in [6.07, 6.45) is 1.69. The van der Waals surface area contributed by atoms with E-state index in [4.69, 9.17) is 16.3 Å². The highest BCUT2D eigenvalue weighted by atomic mass is 35.5. The molecule has 2 aromatic carbocycles. The van der Waals surface area contributed by atoms with E-state index in [9.17, 15) is 13.2 Å². The number of hydrogen-bond acceptors (Lipinski definition) is 4. The van der Waals surface area contributed by atoms with Crippen molar-refractivity contribution in [2.24, 2.45) is 5.92 Å². The topological polar surface area (TPSA) is 75.7 Å². The summed E-state index contributed by atoms with van der Waals surface area (Å²) in [5.74, 6) is 0.634. The molecule has 0 saturated carbocycles. The normalized spacial score (nSPS) is 15.9. The molecule has 1 saturated heterocycles. The summed E-state index contributed by atoms with van der Waals surface area (Å²) in [5.41, 5.74) is 1.50. The SMILES string of the molecule is COc1ccc(NC(=O)c2cc(S(=O)(=O)N3CCC(C)CC3)ccc2C)cc1Cl. The molecule has 2 aromatic rings. The number of anilines is 1. The van der Waals surface area contributed by atoms with Gasteiger partial charge in [-0.3, -0.25) is 4.79 Å². The molecular formula is C21H25ClN2O4S. The van der Waals surface area contributed by atoms with Crippen LogP contribution in [0.1, 0.15) is 35.7 Å². The van der Waals surface area contributed by atoms with Gasteiger partial charge in [-0.05, 0) is 61.6 Å². The van der Waals surface area contributed by atoms with Crippen LogP contribution in [0.2, 0.25) is 5.02 Å². The van der Waals surface area contributed by atoms with E-state index in [0.717, 1.165) is 12.8 Å². The molecule has 1 heterocycles. The molecule has 8 heteroatoms. The molecule has 0 unspecified atom stereocenters. The number of rotatable bonds is 5. The first-order chi connectivity index (χ1) is 13.7. The number of amides is 1. The van der Waals surface area contributed by atoms with Gasteiger partial charge in [0.15, 0.2) is 0 Å². The van der Waals surface area contributed by atoms with Gasteiger partial charge in [0.2, 0.25) is 10.0 Å². The Morgan fingerprint density at radius 3 is 2.48 bits per heavy atom. The van der Waals surface area contributed by atoms with Crippen LogP contribution in [0.25, 0.3) is 0 Å². The molecule has 1 fully saturated rings. The lowest BCUT2D eigenvalue weighted by Gasteiger charge is -2.29. The fraction of sp³-hybridized carbons (Fsp3) is 0.381. The van der Waals surface area contributed by atoms with Gasteiger partial charge in [-0.15, -0.1) is 0 Å². The standard InChI is InChI=1S/C21H25ClN2O4S/c1-14-8-10-24(11-9-14)29(26,27)17-6-4-15(2)18(13-17)21(25)23-16-5-7-20(28-3)19(22)12-16/h4-7,12-14H,8-11H2,1-3H3,(H,23,25). The molecule has 29 heavy (non-hydrogen) atoms.